The first-order chi connectivity index (χ1) is 13.7. The van der Waals surface area contributed by atoms with Crippen LogP contribution in [0.25, 0.3) is 34.2 Å². The van der Waals surface area contributed by atoms with Gasteiger partial charge >= 0.3 is 5.97 Å². The number of ether oxygens (including phenoxy) is 1. The Hall–Kier alpha value is -3.73. The highest BCUT2D eigenvalue weighted by Gasteiger charge is 2.17. The number of nitrogens with zero attached hydrogens (tertiary/aromatic N) is 3. The molecule has 2 heterocycles. The maximum Gasteiger partial charge on any atom is 0.330 e. The molecular weight excluding hydrogens is 350 g/mol. The van der Waals surface area contributed by atoms with Crippen LogP contribution in [0.15, 0.2) is 72.8 Å². The van der Waals surface area contributed by atoms with E-state index >= 15 is 0 Å². The van der Waals surface area contributed by atoms with Gasteiger partial charge in [-0.2, -0.15) is 5.10 Å². The summed E-state index contributed by atoms with van der Waals surface area (Å²) in [4.78, 5) is 16.4. The summed E-state index contributed by atoms with van der Waals surface area (Å²) in [6, 6.07) is 21.9. The summed E-state index contributed by atoms with van der Waals surface area (Å²) < 4.78 is 6.58. The smallest absolute Gasteiger partial charge is 0.330 e. The number of benzene rings is 2. The van der Waals surface area contributed by atoms with Gasteiger partial charge in [-0.05, 0) is 19.1 Å². The van der Waals surface area contributed by atoms with Crippen molar-refractivity contribution in [1.29, 1.82) is 0 Å². The minimum atomic E-state index is -0.422. The third-order valence-corrected chi connectivity index (χ3v) is 4.46. The van der Waals surface area contributed by atoms with Crippen molar-refractivity contribution in [2.75, 3.05) is 7.11 Å². The summed E-state index contributed by atoms with van der Waals surface area (Å²) in [5, 5.41) is 4.85. The number of aryl methyl sites for hydroxylation is 1. The van der Waals surface area contributed by atoms with E-state index in [2.05, 4.69) is 0 Å². The van der Waals surface area contributed by atoms with Crippen LogP contribution in [0, 0.1) is 6.92 Å². The molecule has 28 heavy (non-hydrogen) atoms. The molecule has 4 aromatic rings. The van der Waals surface area contributed by atoms with Crippen LogP contribution in [-0.2, 0) is 9.53 Å². The van der Waals surface area contributed by atoms with Crippen LogP contribution in [0.1, 0.15) is 11.3 Å². The number of fused-ring (bicyclic) bond motifs is 1. The molecule has 0 aliphatic carbocycles. The lowest BCUT2D eigenvalue weighted by molar-refractivity contribution is -0.134. The lowest BCUT2D eigenvalue weighted by Gasteiger charge is -2.06. The van der Waals surface area contributed by atoms with Gasteiger partial charge in [0.25, 0.3) is 0 Å². The Morgan fingerprint density at radius 3 is 2.29 bits per heavy atom. The van der Waals surface area contributed by atoms with Gasteiger partial charge in [0.05, 0.1) is 12.8 Å². The van der Waals surface area contributed by atoms with Gasteiger partial charge in [0.2, 0.25) is 0 Å². The Labute approximate surface area is 162 Å². The van der Waals surface area contributed by atoms with Crippen LogP contribution in [0.5, 0.6) is 0 Å². The molecule has 138 valence electrons. The van der Waals surface area contributed by atoms with Gasteiger partial charge in [0.15, 0.2) is 5.65 Å². The quantitative estimate of drug-likeness (QED) is 0.391. The van der Waals surface area contributed by atoms with Crippen LogP contribution in [0.4, 0.5) is 0 Å². The molecule has 5 nitrogen and oxygen atoms in total. The molecule has 0 saturated heterocycles. The van der Waals surface area contributed by atoms with Crippen molar-refractivity contribution in [3.05, 3.63) is 84.1 Å². The van der Waals surface area contributed by atoms with Gasteiger partial charge in [-0.15, -0.1) is 0 Å². The summed E-state index contributed by atoms with van der Waals surface area (Å²) in [6.07, 6.45) is 3.12. The average Bonchev–Trinajstić information content (AvgIpc) is 3.11. The third kappa shape index (κ3) is 3.30. The minimum absolute atomic E-state index is 0.422. The molecule has 0 saturated carbocycles. The van der Waals surface area contributed by atoms with Crippen molar-refractivity contribution >= 4 is 17.7 Å². The van der Waals surface area contributed by atoms with Gasteiger partial charge < -0.3 is 4.74 Å². The molecule has 0 bridgehead atoms. The van der Waals surface area contributed by atoms with Crippen molar-refractivity contribution in [1.82, 2.24) is 14.6 Å². The fourth-order valence-corrected chi connectivity index (χ4v) is 3.15. The van der Waals surface area contributed by atoms with E-state index in [4.69, 9.17) is 14.8 Å². The normalized spacial score (nSPS) is 11.2. The standard InChI is InChI=1S/C23H19N3O2/c1-16-15-20(17-9-5-3-6-10-17)26-23(24-16)19(13-14-21(27)28-2)22(25-26)18-11-7-4-8-12-18/h3-15H,1-2H3/b14-13+. The topological polar surface area (TPSA) is 56.5 Å². The van der Waals surface area contributed by atoms with Gasteiger partial charge in [0.1, 0.15) is 5.69 Å². The molecule has 0 fully saturated rings. The third-order valence-electron chi connectivity index (χ3n) is 4.46. The van der Waals surface area contributed by atoms with Crippen molar-refractivity contribution < 1.29 is 9.53 Å². The maximum absolute atomic E-state index is 11.7. The molecule has 0 aliphatic rings. The van der Waals surface area contributed by atoms with Gasteiger partial charge in [-0.1, -0.05) is 60.7 Å². The van der Waals surface area contributed by atoms with Gasteiger partial charge in [-0.3, -0.25) is 0 Å². The van der Waals surface area contributed by atoms with Crippen molar-refractivity contribution in [3.8, 4) is 22.5 Å². The SMILES string of the molecule is COC(=O)/C=C/c1c(-c2ccccc2)nn2c(-c3ccccc3)cc(C)nc12. The van der Waals surface area contributed by atoms with E-state index in [0.29, 0.717) is 5.65 Å². The number of methoxy groups -OCH3 is 1. The number of rotatable bonds is 4. The second-order valence-electron chi connectivity index (χ2n) is 6.37. The first-order valence-corrected chi connectivity index (χ1v) is 8.94. The molecule has 0 amide bonds. The van der Waals surface area contributed by atoms with E-state index in [9.17, 15) is 4.79 Å². The fraction of sp³-hybridized carbons (Fsp3) is 0.0870. The van der Waals surface area contributed by atoms with E-state index in [-0.39, 0.29) is 0 Å². The van der Waals surface area contributed by atoms with E-state index in [0.717, 1.165) is 33.8 Å². The number of carbonyl (C=O) groups is 1. The first kappa shape index (κ1) is 17.7. The molecule has 2 aromatic heterocycles. The Morgan fingerprint density at radius 1 is 1.00 bits per heavy atom. The summed E-state index contributed by atoms with van der Waals surface area (Å²) in [5.74, 6) is -0.422. The maximum atomic E-state index is 11.7. The summed E-state index contributed by atoms with van der Waals surface area (Å²) in [6.45, 7) is 1.95. The number of hydrogen-bond acceptors (Lipinski definition) is 4. The highest BCUT2D eigenvalue weighted by atomic mass is 16.5. The molecular formula is C23H19N3O2. The van der Waals surface area contributed by atoms with Crippen LogP contribution in [-0.4, -0.2) is 27.7 Å². The molecule has 0 aliphatic heterocycles. The Balaban J connectivity index is 2.02. The zero-order chi connectivity index (χ0) is 19.5. The van der Waals surface area contributed by atoms with Gasteiger partial charge in [-0.25, -0.2) is 14.3 Å². The van der Waals surface area contributed by atoms with Crippen LogP contribution in [0.2, 0.25) is 0 Å². The van der Waals surface area contributed by atoms with Crippen molar-refractivity contribution in [3.63, 3.8) is 0 Å². The first-order valence-electron chi connectivity index (χ1n) is 8.94. The Kier molecular flexibility index (Phi) is 4.72. The van der Waals surface area contributed by atoms with Crippen LogP contribution < -0.4 is 0 Å². The van der Waals surface area contributed by atoms with E-state index in [1.54, 1.807) is 6.08 Å². The minimum Gasteiger partial charge on any atom is -0.466 e. The molecule has 0 radical (unpaired) electrons. The second-order valence-corrected chi connectivity index (χ2v) is 6.37. The number of aromatic nitrogens is 3. The molecule has 0 N–H and O–H groups in total. The zero-order valence-electron chi connectivity index (χ0n) is 15.7. The summed E-state index contributed by atoms with van der Waals surface area (Å²) in [5.41, 5.74) is 6.04. The van der Waals surface area contributed by atoms with E-state index in [1.807, 2.05) is 78.2 Å². The highest BCUT2D eigenvalue weighted by molar-refractivity contribution is 5.91. The lowest BCUT2D eigenvalue weighted by Crippen LogP contribution is -1.98. The highest BCUT2D eigenvalue weighted by Crippen LogP contribution is 2.30. The monoisotopic (exact) mass is 369 g/mol. The average molecular weight is 369 g/mol. The fourth-order valence-electron chi connectivity index (χ4n) is 3.15. The summed E-state index contributed by atoms with van der Waals surface area (Å²) in [7, 11) is 1.36. The van der Waals surface area contributed by atoms with Crippen molar-refractivity contribution in [2.45, 2.75) is 6.92 Å². The molecule has 0 unspecified atom stereocenters. The van der Waals surface area contributed by atoms with Gasteiger partial charge in [0, 0.05) is 28.5 Å². The van der Waals surface area contributed by atoms with Crippen LogP contribution >= 0.6 is 0 Å². The number of hydrogen-bond donors (Lipinski definition) is 0. The molecule has 0 atom stereocenters. The molecule has 2 aromatic carbocycles. The van der Waals surface area contributed by atoms with Crippen LogP contribution in [0.3, 0.4) is 0 Å². The molecule has 0 spiro atoms. The lowest BCUT2D eigenvalue weighted by atomic mass is 10.1. The Bertz CT molecular complexity index is 1160. The molecule has 4 rings (SSSR count). The molecule has 5 heteroatoms. The second kappa shape index (κ2) is 7.48. The summed E-state index contributed by atoms with van der Waals surface area (Å²) >= 11 is 0. The largest absolute Gasteiger partial charge is 0.466 e. The Morgan fingerprint density at radius 2 is 1.64 bits per heavy atom. The number of esters is 1. The van der Waals surface area contributed by atoms with E-state index < -0.39 is 5.97 Å². The van der Waals surface area contributed by atoms with Crippen molar-refractivity contribution in [2.24, 2.45) is 0 Å². The number of carbonyl (C=O) groups excluding carboxylic acids is 1. The van der Waals surface area contributed by atoms with E-state index in [1.165, 1.54) is 13.2 Å². The predicted molar refractivity (Wildman–Crippen MR) is 110 cm³/mol. The predicted octanol–water partition coefficient (Wildman–Crippen LogP) is 4.56. The zero-order valence-corrected chi connectivity index (χ0v) is 15.7.